The molecule has 2 atom stereocenters. The van der Waals surface area contributed by atoms with E-state index in [1.54, 1.807) is 47.9 Å². The van der Waals surface area contributed by atoms with Crippen molar-refractivity contribution >= 4 is 68.4 Å². The van der Waals surface area contributed by atoms with E-state index < -0.39 is 0 Å². The lowest BCUT2D eigenvalue weighted by Gasteiger charge is -2.36. The number of Topliss-reactive ketones (excluding diaryl/α,β-unsaturated/α-hetero) is 1. The summed E-state index contributed by atoms with van der Waals surface area (Å²) in [7, 11) is 7.12. The monoisotopic (exact) mass is 1080 g/mol. The fraction of sp³-hybridized carbons (Fsp3) is 0.426. The molecule has 3 amide bonds. The Kier molecular flexibility index (Phi) is 18.0. The number of nitrogens with one attached hydrogen (secondary N) is 2. The third-order valence-corrected chi connectivity index (χ3v) is 18.3. The van der Waals surface area contributed by atoms with Crippen LogP contribution in [-0.2, 0) is 53.6 Å². The molecule has 0 saturated heterocycles. The van der Waals surface area contributed by atoms with E-state index in [0.717, 1.165) is 65.8 Å². The second kappa shape index (κ2) is 25.2. The van der Waals surface area contributed by atoms with E-state index in [9.17, 15) is 19.2 Å². The molecule has 2 N–H and O–H groups in total. The standard InChI is InChI=1S/C61H72N6O8S2/c1-7-63-75-23-13-12-19-50(68)20-14-24-76-77-61(3,4)22-21-58(69)64-47-27-41(38-73-55-33-54-52(25-40(55)2)60(71)67-36-46-18-11-9-16-44(46)30-49(67)37-65(54)5)26-42(28-47)39-74-57-32-53-51(31-56(57)72-6)59(70)66-35-45-17-10-8-15-43(45)29-48(66)34-62-53/h7-11,15-18,25-28,31-33,48-49,62H,12-14,19-24,29-30,34-39H2,1-6H3,(H,64,69)/t48-,49-/m0/s1. The van der Waals surface area contributed by atoms with Gasteiger partial charge >= 0.3 is 0 Å². The van der Waals surface area contributed by atoms with Crippen LogP contribution in [0.2, 0.25) is 0 Å². The number of benzene rings is 5. The van der Waals surface area contributed by atoms with E-state index in [0.29, 0.717) is 98.2 Å². The summed E-state index contributed by atoms with van der Waals surface area (Å²) in [5.41, 5.74) is 10.7. The van der Waals surface area contributed by atoms with Gasteiger partial charge in [-0.1, -0.05) is 75.3 Å². The molecule has 0 unspecified atom stereocenters. The lowest BCUT2D eigenvalue weighted by Crippen LogP contribution is -2.47. The number of amides is 3. The highest BCUT2D eigenvalue weighted by Crippen LogP contribution is 2.41. The number of unbranched alkanes of at least 4 members (excludes halogenated alkanes) is 1. The molecule has 0 saturated carbocycles. The van der Waals surface area contributed by atoms with Crippen LogP contribution in [0.3, 0.4) is 0 Å². The maximum absolute atomic E-state index is 14.2. The summed E-state index contributed by atoms with van der Waals surface area (Å²) in [6, 6.07) is 30.2. The van der Waals surface area contributed by atoms with Gasteiger partial charge in [-0.15, -0.1) is 0 Å². The SMILES string of the molecule is CC=NOCCCCC(=O)CCCSSC(C)(C)CCC(=O)Nc1cc(COc2cc3c(cc2C)C(=O)N2Cc4ccccc4C[C@H]2CN3C)cc(COc2cc3c(cc2OC)C(=O)N2Cc4ccccc4C[C@H]2CN3)c1. The predicted octanol–water partition coefficient (Wildman–Crippen LogP) is 11.6. The molecule has 5 aromatic carbocycles. The summed E-state index contributed by atoms with van der Waals surface area (Å²) in [6.07, 6.45) is 7.71. The lowest BCUT2D eigenvalue weighted by molar-refractivity contribution is -0.119. The number of hydrogen-bond acceptors (Lipinski definition) is 13. The molecule has 4 aliphatic heterocycles. The van der Waals surface area contributed by atoms with Gasteiger partial charge in [-0.2, -0.15) is 0 Å². The van der Waals surface area contributed by atoms with Crippen molar-refractivity contribution in [3.05, 3.63) is 141 Å². The summed E-state index contributed by atoms with van der Waals surface area (Å²) in [4.78, 5) is 65.8. The number of oxime groups is 1. The van der Waals surface area contributed by atoms with Gasteiger partial charge < -0.3 is 44.4 Å². The maximum atomic E-state index is 14.2. The number of nitrogens with zero attached hydrogens (tertiary/aromatic N) is 4. The molecule has 0 spiro atoms. The zero-order valence-electron chi connectivity index (χ0n) is 45.3. The normalized spacial score (nSPS) is 16.7. The van der Waals surface area contributed by atoms with Gasteiger partial charge in [0.25, 0.3) is 11.8 Å². The molecule has 0 aromatic heterocycles. The van der Waals surface area contributed by atoms with E-state index >= 15 is 0 Å². The quantitative estimate of drug-likeness (QED) is 0.0277. The number of hydrogen-bond donors (Lipinski definition) is 2. The van der Waals surface area contributed by atoms with Gasteiger partial charge in [-0.25, -0.2) is 0 Å². The molecule has 9 rings (SSSR count). The highest BCUT2D eigenvalue weighted by Gasteiger charge is 2.37. The Balaban J connectivity index is 0.876. The number of ketones is 1. The Morgan fingerprint density at radius 2 is 1.43 bits per heavy atom. The van der Waals surface area contributed by atoms with Gasteiger partial charge in [0.2, 0.25) is 5.91 Å². The number of methoxy groups -OCH3 is 1. The van der Waals surface area contributed by atoms with Crippen molar-refractivity contribution < 1.29 is 38.2 Å². The van der Waals surface area contributed by atoms with Crippen LogP contribution in [0, 0.1) is 6.92 Å². The van der Waals surface area contributed by atoms with Crippen molar-refractivity contribution in [2.24, 2.45) is 5.16 Å². The molecular weight excluding hydrogens is 1010 g/mol. The van der Waals surface area contributed by atoms with Crippen LogP contribution in [0.4, 0.5) is 17.1 Å². The van der Waals surface area contributed by atoms with Crippen molar-refractivity contribution in [2.45, 2.75) is 129 Å². The minimum atomic E-state index is -0.181. The smallest absolute Gasteiger partial charge is 0.256 e. The number of aryl methyl sites for hydroxylation is 1. The summed E-state index contributed by atoms with van der Waals surface area (Å²) in [5, 5.41) is 10.5. The van der Waals surface area contributed by atoms with E-state index in [4.69, 9.17) is 19.0 Å². The molecule has 406 valence electrons. The number of rotatable bonds is 23. The van der Waals surface area contributed by atoms with E-state index in [-0.39, 0.29) is 53.5 Å². The summed E-state index contributed by atoms with van der Waals surface area (Å²) < 4.78 is 18.9. The third-order valence-electron chi connectivity index (χ3n) is 14.9. The van der Waals surface area contributed by atoms with Crippen LogP contribution < -0.4 is 29.7 Å². The molecule has 0 aliphatic carbocycles. The number of ether oxygens (including phenoxy) is 3. The average molecular weight is 1080 g/mol. The number of fused-ring (bicyclic) bond motifs is 6. The zero-order chi connectivity index (χ0) is 54.1. The molecule has 0 bridgehead atoms. The van der Waals surface area contributed by atoms with Crippen LogP contribution in [-0.4, -0.2) is 96.0 Å². The minimum Gasteiger partial charge on any atom is -0.493 e. The van der Waals surface area contributed by atoms with Gasteiger partial charge in [0.15, 0.2) is 11.5 Å². The van der Waals surface area contributed by atoms with Gasteiger partial charge in [0.05, 0.1) is 41.7 Å². The predicted molar refractivity (Wildman–Crippen MR) is 309 cm³/mol. The highest BCUT2D eigenvalue weighted by molar-refractivity contribution is 8.77. The Morgan fingerprint density at radius 1 is 0.779 bits per heavy atom. The fourth-order valence-electron chi connectivity index (χ4n) is 10.7. The van der Waals surface area contributed by atoms with Crippen LogP contribution in [0.15, 0.2) is 96.2 Å². The molecular formula is C61H72N6O8S2. The molecule has 14 nitrogen and oxygen atoms in total. The first kappa shape index (κ1) is 55.1. The van der Waals surface area contributed by atoms with Crippen LogP contribution in [0.25, 0.3) is 0 Å². The molecule has 16 heteroatoms. The molecule has 0 radical (unpaired) electrons. The fourth-order valence-corrected chi connectivity index (χ4v) is 13.4. The first-order chi connectivity index (χ1) is 37.2. The molecule has 0 fully saturated rings. The van der Waals surface area contributed by atoms with Gasteiger partial charge in [0, 0.05) is 87.0 Å². The largest absolute Gasteiger partial charge is 0.493 e. The number of likely N-dealkylation sites (N-methyl/N-ethyl adjacent to an activating group) is 1. The number of anilines is 3. The van der Waals surface area contributed by atoms with Crippen molar-refractivity contribution in [3.8, 4) is 17.2 Å². The van der Waals surface area contributed by atoms with E-state index in [1.807, 2.05) is 72.3 Å². The van der Waals surface area contributed by atoms with E-state index in [2.05, 4.69) is 70.9 Å². The summed E-state index contributed by atoms with van der Waals surface area (Å²) in [6.45, 7) is 11.3. The highest BCUT2D eigenvalue weighted by atomic mass is 33.1. The first-order valence-corrected chi connectivity index (χ1v) is 29.3. The Bertz CT molecular complexity index is 3000. The van der Waals surface area contributed by atoms with Crippen LogP contribution in [0.5, 0.6) is 17.2 Å². The maximum Gasteiger partial charge on any atom is 0.256 e. The summed E-state index contributed by atoms with van der Waals surface area (Å²) in [5.74, 6) is 2.58. The first-order valence-electron chi connectivity index (χ1n) is 26.9. The van der Waals surface area contributed by atoms with Crippen molar-refractivity contribution in [1.29, 1.82) is 0 Å². The minimum absolute atomic E-state index is 0.00263. The number of carbonyl (C=O) groups excluding carboxylic acids is 4. The molecule has 5 aromatic rings. The molecule has 4 aliphatic rings. The summed E-state index contributed by atoms with van der Waals surface area (Å²) >= 11 is 0. The van der Waals surface area contributed by atoms with Crippen LogP contribution >= 0.6 is 21.6 Å². The second-order valence-electron chi connectivity index (χ2n) is 21.2. The Labute approximate surface area is 461 Å². The average Bonchev–Trinajstić information content (AvgIpc) is 3.61. The van der Waals surface area contributed by atoms with E-state index in [1.165, 1.54) is 16.7 Å². The second-order valence-corrected chi connectivity index (χ2v) is 24.3. The number of carbonyl (C=O) groups is 4. The molecule has 4 heterocycles. The Morgan fingerprint density at radius 3 is 2.13 bits per heavy atom. The van der Waals surface area contributed by atoms with Gasteiger partial charge in [-0.3, -0.25) is 19.2 Å². The van der Waals surface area contributed by atoms with Gasteiger partial charge in [0.1, 0.15) is 31.4 Å². The van der Waals surface area contributed by atoms with Crippen molar-refractivity contribution in [3.63, 3.8) is 0 Å². The van der Waals surface area contributed by atoms with Crippen LogP contribution in [0.1, 0.15) is 125 Å². The lowest BCUT2D eigenvalue weighted by atomic mass is 9.93. The van der Waals surface area contributed by atoms with Crippen molar-refractivity contribution in [1.82, 2.24) is 9.80 Å². The molecule has 77 heavy (non-hydrogen) atoms. The zero-order valence-corrected chi connectivity index (χ0v) is 46.9. The third kappa shape index (κ3) is 13.7. The Hall–Kier alpha value is -6.65. The topological polar surface area (TPSA) is 151 Å². The van der Waals surface area contributed by atoms with Gasteiger partial charge in [-0.05, 0) is 135 Å². The van der Waals surface area contributed by atoms with Crippen molar-refractivity contribution in [2.75, 3.05) is 55.1 Å².